The molecule has 7 heteroatoms. The van der Waals surface area contributed by atoms with Crippen molar-refractivity contribution in [3.05, 3.63) is 58.9 Å². The van der Waals surface area contributed by atoms with Crippen LogP contribution in [0.2, 0.25) is 0 Å². The van der Waals surface area contributed by atoms with Crippen LogP contribution in [-0.2, 0) is 9.59 Å². The Hall–Kier alpha value is -3.09. The lowest BCUT2D eigenvalue weighted by Crippen LogP contribution is -2.40. The Morgan fingerprint density at radius 3 is 2.27 bits per heavy atom. The Balaban J connectivity index is 1.71. The molecule has 0 aromatic heterocycles. The van der Waals surface area contributed by atoms with Crippen molar-refractivity contribution in [3.8, 4) is 0 Å². The second kappa shape index (κ2) is 5.72. The number of hydrogen-bond acceptors (Lipinski definition) is 5. The summed E-state index contributed by atoms with van der Waals surface area (Å²) in [6.07, 6.45) is 0. The molecule has 1 saturated heterocycles. The molecule has 0 radical (unpaired) electrons. The van der Waals surface area contributed by atoms with Crippen LogP contribution in [0.15, 0.2) is 46.7 Å². The summed E-state index contributed by atoms with van der Waals surface area (Å²) in [5.41, 5.74) is 3.53. The zero-order valence-electron chi connectivity index (χ0n) is 14.6. The summed E-state index contributed by atoms with van der Waals surface area (Å²) in [6.45, 7) is 5.58. The maximum Gasteiger partial charge on any atom is 0.263 e. The van der Waals surface area contributed by atoms with E-state index in [1.165, 1.54) is 11.1 Å². The van der Waals surface area contributed by atoms with E-state index in [-0.39, 0.29) is 5.69 Å². The molecule has 0 bridgehead atoms. The molecule has 2 aromatic rings. The molecule has 2 aromatic carbocycles. The molecular weight excluding hydrogens is 335 g/mol. The van der Waals surface area contributed by atoms with Gasteiger partial charge in [-0.2, -0.15) is 5.11 Å². The van der Waals surface area contributed by atoms with Crippen LogP contribution in [0.3, 0.4) is 0 Å². The summed E-state index contributed by atoms with van der Waals surface area (Å²) in [7, 11) is 0. The van der Waals surface area contributed by atoms with E-state index < -0.39 is 29.7 Å². The van der Waals surface area contributed by atoms with Crippen molar-refractivity contribution in [2.45, 2.75) is 32.9 Å². The molecule has 26 heavy (non-hydrogen) atoms. The Morgan fingerprint density at radius 2 is 1.58 bits per heavy atom. The van der Waals surface area contributed by atoms with E-state index in [1.807, 2.05) is 32.0 Å². The number of rotatable bonds is 2. The lowest BCUT2D eigenvalue weighted by molar-refractivity contribution is -0.121. The molecule has 0 unspecified atom stereocenters. The van der Waals surface area contributed by atoms with Crippen molar-refractivity contribution in [3.63, 3.8) is 0 Å². The Labute approximate surface area is 149 Å². The number of carbonyl (C=O) groups is 2. The SMILES string of the molecule is Cc1ccc(N2N=N[C@@H]3C(=O)N(c4ccc(C)c(F)c4)C(=O)[C@@H]32)cc1C. The summed E-state index contributed by atoms with van der Waals surface area (Å²) in [5, 5.41) is 9.51. The number of halogens is 1. The number of anilines is 2. The largest absolute Gasteiger partial charge is 0.271 e. The van der Waals surface area contributed by atoms with Crippen molar-refractivity contribution in [1.29, 1.82) is 0 Å². The third-order valence-electron chi connectivity index (χ3n) is 4.95. The van der Waals surface area contributed by atoms with E-state index in [9.17, 15) is 14.0 Å². The highest BCUT2D eigenvalue weighted by Gasteiger charge is 2.55. The van der Waals surface area contributed by atoms with E-state index in [0.29, 0.717) is 11.3 Å². The molecule has 2 heterocycles. The molecule has 0 aliphatic carbocycles. The van der Waals surface area contributed by atoms with Gasteiger partial charge in [0, 0.05) is 0 Å². The molecule has 1 fully saturated rings. The van der Waals surface area contributed by atoms with Crippen LogP contribution in [0.5, 0.6) is 0 Å². The molecule has 0 saturated carbocycles. The van der Waals surface area contributed by atoms with Gasteiger partial charge < -0.3 is 0 Å². The zero-order valence-corrected chi connectivity index (χ0v) is 14.6. The van der Waals surface area contributed by atoms with Gasteiger partial charge in [0.15, 0.2) is 12.1 Å². The average molecular weight is 352 g/mol. The molecule has 4 rings (SSSR count). The third kappa shape index (κ3) is 2.31. The standard InChI is InChI=1S/C19H17FN4O2/c1-10-4-7-14(8-12(10)3)24-17-16(21-22-24)18(25)23(19(17)26)13-6-5-11(2)15(20)9-13/h4-9,16-17H,1-3H3/t16-,17+/m0/s1. The first-order valence-electron chi connectivity index (χ1n) is 8.29. The summed E-state index contributed by atoms with van der Waals surface area (Å²) >= 11 is 0. The average Bonchev–Trinajstić information content (AvgIpc) is 3.14. The number of carbonyl (C=O) groups excluding carboxylic acids is 2. The third-order valence-corrected chi connectivity index (χ3v) is 4.95. The van der Waals surface area contributed by atoms with Crippen molar-refractivity contribution < 1.29 is 14.0 Å². The summed E-state index contributed by atoms with van der Waals surface area (Å²) in [6, 6.07) is 8.24. The molecule has 2 aliphatic rings. The lowest BCUT2D eigenvalue weighted by atomic mass is 10.1. The van der Waals surface area contributed by atoms with Gasteiger partial charge in [-0.15, -0.1) is 0 Å². The van der Waals surface area contributed by atoms with Gasteiger partial charge in [0.1, 0.15) is 5.82 Å². The van der Waals surface area contributed by atoms with Gasteiger partial charge in [0.25, 0.3) is 11.8 Å². The van der Waals surface area contributed by atoms with Crippen LogP contribution in [-0.4, -0.2) is 23.9 Å². The maximum atomic E-state index is 13.9. The van der Waals surface area contributed by atoms with Gasteiger partial charge in [0.05, 0.1) is 11.4 Å². The minimum Gasteiger partial charge on any atom is -0.271 e. The van der Waals surface area contributed by atoms with E-state index >= 15 is 0 Å². The quantitative estimate of drug-likeness (QED) is 0.780. The lowest BCUT2D eigenvalue weighted by Gasteiger charge is -2.21. The molecule has 6 nitrogen and oxygen atoms in total. The van der Waals surface area contributed by atoms with Gasteiger partial charge in [-0.25, -0.2) is 14.3 Å². The molecule has 2 aliphatic heterocycles. The number of nitrogens with zero attached hydrogens (tertiary/aromatic N) is 4. The van der Waals surface area contributed by atoms with E-state index in [4.69, 9.17) is 0 Å². The highest BCUT2D eigenvalue weighted by Crippen LogP contribution is 2.35. The van der Waals surface area contributed by atoms with Crippen molar-refractivity contribution in [2.75, 3.05) is 9.91 Å². The van der Waals surface area contributed by atoms with Crippen LogP contribution in [0.1, 0.15) is 16.7 Å². The summed E-state index contributed by atoms with van der Waals surface area (Å²) in [5.74, 6) is -1.40. The van der Waals surface area contributed by atoms with Gasteiger partial charge in [0.2, 0.25) is 0 Å². The van der Waals surface area contributed by atoms with Crippen LogP contribution in [0, 0.1) is 26.6 Å². The second-order valence-electron chi connectivity index (χ2n) is 6.65. The maximum absolute atomic E-state index is 13.9. The molecule has 132 valence electrons. The predicted molar refractivity (Wildman–Crippen MR) is 94.5 cm³/mol. The minimum absolute atomic E-state index is 0.215. The molecule has 0 N–H and O–H groups in total. The highest BCUT2D eigenvalue weighted by molar-refractivity contribution is 6.26. The van der Waals surface area contributed by atoms with Crippen molar-refractivity contribution in [1.82, 2.24) is 0 Å². The van der Waals surface area contributed by atoms with Crippen molar-refractivity contribution in [2.24, 2.45) is 10.3 Å². The van der Waals surface area contributed by atoms with Crippen LogP contribution < -0.4 is 9.91 Å². The first kappa shape index (κ1) is 16.4. The Morgan fingerprint density at radius 1 is 0.885 bits per heavy atom. The highest BCUT2D eigenvalue weighted by atomic mass is 19.1. The Bertz CT molecular complexity index is 972. The van der Waals surface area contributed by atoms with Gasteiger partial charge in [-0.3, -0.25) is 9.59 Å². The number of amides is 2. The van der Waals surface area contributed by atoms with Crippen LogP contribution >= 0.6 is 0 Å². The number of fused-ring (bicyclic) bond motifs is 1. The van der Waals surface area contributed by atoms with E-state index in [0.717, 1.165) is 16.0 Å². The minimum atomic E-state index is -0.909. The second-order valence-corrected chi connectivity index (χ2v) is 6.65. The van der Waals surface area contributed by atoms with Crippen LogP contribution in [0.4, 0.5) is 15.8 Å². The summed E-state index contributed by atoms with van der Waals surface area (Å²) < 4.78 is 13.9. The number of aryl methyl sites for hydroxylation is 3. The van der Waals surface area contributed by atoms with Gasteiger partial charge in [-0.05, 0) is 61.7 Å². The fraction of sp³-hybridized carbons (Fsp3) is 0.263. The Kier molecular flexibility index (Phi) is 3.61. The fourth-order valence-corrected chi connectivity index (χ4v) is 3.22. The zero-order chi connectivity index (χ0) is 18.6. The molecule has 2 atom stereocenters. The monoisotopic (exact) mass is 352 g/mol. The van der Waals surface area contributed by atoms with Gasteiger partial charge >= 0.3 is 0 Å². The number of imide groups is 1. The molecule has 2 amide bonds. The topological polar surface area (TPSA) is 65.3 Å². The molecular formula is C19H17FN4O2. The first-order valence-corrected chi connectivity index (χ1v) is 8.29. The van der Waals surface area contributed by atoms with Gasteiger partial charge in [-0.1, -0.05) is 17.4 Å². The predicted octanol–water partition coefficient (Wildman–Crippen LogP) is 3.25. The normalized spacial score (nSPS) is 21.7. The summed E-state index contributed by atoms with van der Waals surface area (Å²) in [4.78, 5) is 26.6. The fourth-order valence-electron chi connectivity index (χ4n) is 3.22. The van der Waals surface area contributed by atoms with E-state index in [1.54, 1.807) is 19.1 Å². The number of hydrogen-bond donors (Lipinski definition) is 0. The smallest absolute Gasteiger partial charge is 0.263 e. The van der Waals surface area contributed by atoms with Crippen molar-refractivity contribution >= 4 is 23.2 Å². The van der Waals surface area contributed by atoms with Crippen LogP contribution in [0.25, 0.3) is 0 Å². The number of benzene rings is 2. The molecule has 0 spiro atoms. The first-order chi connectivity index (χ1) is 12.4. The van der Waals surface area contributed by atoms with E-state index in [2.05, 4.69) is 10.3 Å².